The third-order valence-electron chi connectivity index (χ3n) is 24.5. The van der Waals surface area contributed by atoms with E-state index < -0.39 is 62.8 Å². The van der Waals surface area contributed by atoms with Gasteiger partial charge in [0.1, 0.15) is 0 Å². The molecule has 6 heteroatoms. The van der Waals surface area contributed by atoms with E-state index in [1.165, 1.54) is 94.3 Å². The largest absolute Gasteiger partial charge is 0.304 e. The molecule has 4 heterocycles. The Balaban J connectivity index is 0.000000170. The molecule has 0 bridgehead atoms. The molecule has 0 atom stereocenters. The molecule has 3 aliphatic carbocycles. The van der Waals surface area contributed by atoms with Gasteiger partial charge in [-0.1, -0.05) is 354 Å². The van der Waals surface area contributed by atoms with Crippen molar-refractivity contribution >= 4 is 64.6 Å². The maximum Gasteiger partial charge on any atom is 0.0352 e. The molecule has 2 radical (unpaired) electrons. The first-order valence-corrected chi connectivity index (χ1v) is 42.9. The van der Waals surface area contributed by atoms with E-state index in [4.69, 9.17) is 21.9 Å². The van der Waals surface area contributed by atoms with Crippen LogP contribution in [0.5, 0.6) is 0 Å². The number of rotatable bonds is 10. The Morgan fingerprint density at radius 1 is 0.360 bits per heavy atom. The topological polar surface area (TPSA) is 51.6 Å². The minimum atomic E-state index is -2.34. The molecule has 0 amide bonds. The average Bonchev–Trinajstić information content (AvgIpc) is 0.753. The molecule has 4 nitrogen and oxygen atoms in total. The van der Waals surface area contributed by atoms with Crippen molar-refractivity contribution in [3.8, 4) is 67.3 Å². The molecule has 0 unspecified atom stereocenters. The van der Waals surface area contributed by atoms with Gasteiger partial charge < -0.3 is 19.9 Å². The predicted molar refractivity (Wildman–Crippen MR) is 529 cm³/mol. The van der Waals surface area contributed by atoms with Gasteiger partial charge in [-0.25, -0.2) is 0 Å². The van der Waals surface area contributed by atoms with Crippen LogP contribution in [0, 0.1) is 92.6 Å². The van der Waals surface area contributed by atoms with Crippen LogP contribution < -0.4 is 0 Å². The zero-order chi connectivity index (χ0) is 100.0. The van der Waals surface area contributed by atoms with Crippen LogP contribution in [0.3, 0.4) is 0 Å². The van der Waals surface area contributed by atoms with E-state index in [1.807, 2.05) is 152 Å². The van der Waals surface area contributed by atoms with Crippen molar-refractivity contribution in [3.63, 3.8) is 0 Å². The summed E-state index contributed by atoms with van der Waals surface area (Å²) in [6.07, 6.45) is 15.1. The fraction of sp³-hybridized carbons (Fsp3) is 0.328. The molecule has 646 valence electrons. The summed E-state index contributed by atoms with van der Waals surface area (Å²) in [6.45, 7) is 14.6. The van der Waals surface area contributed by atoms with E-state index in [2.05, 4.69) is 181 Å². The van der Waals surface area contributed by atoms with Gasteiger partial charge in [0.25, 0.3) is 0 Å². The van der Waals surface area contributed by atoms with Crippen molar-refractivity contribution in [2.75, 3.05) is 0 Å². The standard InChI is InChI=1S/C35H34N.C34H34N.2C24H26N.2CH4.2Ir/c1-24-23-36-34(22-32(24)25-15-19-35(20-16-25)17-7-2-8-18-35)26-13-14-31-29-11-4-3-9-27(29)28-10-5-6-12-30(28)33(31)21-26;1-22-20-35-32(17-30(22)24-18-33(2,3)21-34(4,5)19-24)23-14-15-29-27-12-7-6-10-25(27)26-11-8-9-13-28(26)31(29)16-23;2*1-17-11-12-20(14-22(17)19-9-7-6-8-10-19)23-13-18(2)21(16-25-23)15-24(3,4)5;;;;/h3-6,9-12,14,21-23,25H,2,7-8,15-20H2,1H3;6-13,15-17,20,24H,18-19,21H2,1-5H3;2*6-11,13-14,16H,15H2,1-5H3;2*1H4;;/q4*-1;;;;/i1D3,25D;1D3,24D;2*1D3,15D2;;;;. The molecule has 0 saturated heterocycles. The molecule has 3 saturated carbocycles. The fourth-order valence-corrected chi connectivity index (χ4v) is 19.2. The van der Waals surface area contributed by atoms with Gasteiger partial charge in [-0.2, -0.15) is 0 Å². The summed E-state index contributed by atoms with van der Waals surface area (Å²) in [5, 5.41) is 14.0. The van der Waals surface area contributed by atoms with Gasteiger partial charge in [0, 0.05) is 89.7 Å². The van der Waals surface area contributed by atoms with Crippen LogP contribution in [0.15, 0.2) is 255 Å². The maximum atomic E-state index is 9.69. The summed E-state index contributed by atoms with van der Waals surface area (Å²) in [5.41, 5.74) is 12.3. The normalized spacial score (nSPS) is 18.2. The Kier molecular flexibility index (Phi) is 22.8. The number of aromatic nitrogens is 4. The van der Waals surface area contributed by atoms with Crippen molar-refractivity contribution in [1.29, 1.82) is 0 Å². The third-order valence-corrected chi connectivity index (χ3v) is 24.5. The first kappa shape index (κ1) is 72.2. The SMILES string of the molecule is C.C.[2H]C([2H])([2H])c1c[c-]c(-c2cc(C)c(C([2H])([2H])C(C)(C)C)cn2)cc1-c1ccccc1.[2H]C([2H])([2H])c1c[c-]c(-c2cc(C)c(C([2H])([2H])C(C)(C)C)cn2)cc1-c1ccccc1.[2H]C([2H])([2H])c1cnc(-c2[c-]cc3c4ccccc4c4ccccc4c3c2)cc1C1([2H])CC(C)(C)CC(C)(C)C1.[2H]C([2H])([2H])c1cnc(-c2[c-]cc3c4ccccc4c4ccccc4c3c2)cc1C1([2H])CCC2(CCCCC2)CC1.[Ir].[Ir]. The molecule has 0 aliphatic heterocycles. The van der Waals surface area contributed by atoms with E-state index in [-0.39, 0.29) is 88.1 Å². The Hall–Kier alpha value is -9.90. The Morgan fingerprint density at radius 3 is 1.04 bits per heavy atom. The zero-order valence-corrected chi connectivity index (χ0v) is 77.5. The summed E-state index contributed by atoms with van der Waals surface area (Å²) in [7, 11) is 0. The van der Waals surface area contributed by atoms with E-state index in [9.17, 15) is 2.74 Å². The van der Waals surface area contributed by atoms with E-state index in [1.54, 1.807) is 24.5 Å². The summed E-state index contributed by atoms with van der Waals surface area (Å²) in [5.74, 6) is -1.93. The number of hydrogen-bond acceptors (Lipinski definition) is 4. The van der Waals surface area contributed by atoms with E-state index >= 15 is 0 Å². The number of aryl methyl sites for hydroxylation is 6. The van der Waals surface area contributed by atoms with Gasteiger partial charge in [0.05, 0.1) is 0 Å². The number of fused-ring (bicyclic) bond motifs is 12. The van der Waals surface area contributed by atoms with Crippen LogP contribution in [0.25, 0.3) is 132 Å². The molecule has 125 heavy (non-hydrogen) atoms. The Labute approximate surface area is 800 Å². The van der Waals surface area contributed by atoms with Gasteiger partial charge in [-0.15, -0.1) is 106 Å². The number of benzene rings is 12. The van der Waals surface area contributed by atoms with Crippen molar-refractivity contribution < 1.29 is 64.9 Å². The first-order chi connectivity index (χ1) is 65.2. The van der Waals surface area contributed by atoms with Crippen LogP contribution in [0.1, 0.15) is 253 Å². The predicted octanol–water partition coefficient (Wildman–Crippen LogP) is 33.7. The smallest absolute Gasteiger partial charge is 0.0352 e. The average molecular weight is 2020 g/mol. The van der Waals surface area contributed by atoms with Gasteiger partial charge in [0.15, 0.2) is 0 Å². The molecule has 12 aromatic carbocycles. The van der Waals surface area contributed by atoms with Gasteiger partial charge in [-0.05, 0) is 237 Å². The molecule has 3 fully saturated rings. The number of nitrogens with zero attached hydrogens (tertiary/aromatic N) is 4. The maximum absolute atomic E-state index is 9.69. The van der Waals surface area contributed by atoms with Crippen LogP contribution in [0.4, 0.5) is 0 Å². The molecule has 16 aromatic rings. The van der Waals surface area contributed by atoms with Gasteiger partial charge >= 0.3 is 0 Å². The fourth-order valence-electron chi connectivity index (χ4n) is 19.2. The zero-order valence-electron chi connectivity index (χ0n) is 90.7. The first-order valence-electron chi connectivity index (χ1n) is 51.9. The van der Waals surface area contributed by atoms with Crippen LogP contribution >= 0.6 is 0 Å². The molecule has 19 rings (SSSR count). The second kappa shape index (κ2) is 39.6. The Morgan fingerprint density at radius 2 is 0.680 bits per heavy atom. The van der Waals surface area contributed by atoms with Gasteiger partial charge in [-0.3, -0.25) is 0 Å². The quantitative estimate of drug-likeness (QED) is 0.101. The number of hydrogen-bond donors (Lipinski definition) is 0. The van der Waals surface area contributed by atoms with Crippen LogP contribution in [-0.2, 0) is 53.0 Å². The molecule has 0 N–H and O–H groups in total. The van der Waals surface area contributed by atoms with E-state index in [0.29, 0.717) is 98.4 Å². The van der Waals surface area contributed by atoms with Crippen molar-refractivity contribution in [1.82, 2.24) is 19.9 Å². The number of pyridine rings is 4. The molecule has 4 aromatic heterocycles. The summed E-state index contributed by atoms with van der Waals surface area (Å²) < 4.78 is 150. The third kappa shape index (κ3) is 21.5. The molecule has 3 aliphatic rings. The van der Waals surface area contributed by atoms with Crippen LogP contribution in [0.2, 0.25) is 0 Å². The minimum Gasteiger partial charge on any atom is -0.304 e. The second-order valence-corrected chi connectivity index (χ2v) is 37.5. The monoisotopic (exact) mass is 2020 g/mol. The van der Waals surface area contributed by atoms with Crippen LogP contribution in [-0.4, -0.2) is 19.9 Å². The van der Waals surface area contributed by atoms with Crippen molar-refractivity contribution in [2.24, 2.45) is 27.1 Å². The Bertz CT molecular complexity index is 7040. The molecular formula is C119H128Ir2N4-4. The summed E-state index contributed by atoms with van der Waals surface area (Å²) in [4.78, 5) is 18.3. The van der Waals surface area contributed by atoms with E-state index in [0.717, 1.165) is 79.6 Å². The molecular weight excluding hydrogens is 1870 g/mol. The molecule has 1 spiro atoms. The van der Waals surface area contributed by atoms with Crippen molar-refractivity contribution in [3.05, 3.63) is 335 Å². The second-order valence-electron chi connectivity index (χ2n) is 37.5. The van der Waals surface area contributed by atoms with Gasteiger partial charge in [0.2, 0.25) is 0 Å². The van der Waals surface area contributed by atoms with Crippen molar-refractivity contribution in [2.45, 2.75) is 227 Å². The minimum absolute atomic E-state index is 0. The summed E-state index contributed by atoms with van der Waals surface area (Å²) >= 11 is 0. The summed E-state index contributed by atoms with van der Waals surface area (Å²) in [6, 6.07) is 88.1.